The Kier molecular flexibility index (Phi) is 2.78. The highest BCUT2D eigenvalue weighted by Crippen LogP contribution is 2.20. The molecule has 0 radical (unpaired) electrons. The maximum atomic E-state index is 9.05. The van der Waals surface area contributed by atoms with Crippen LogP contribution in [0.4, 0.5) is 5.69 Å². The van der Waals surface area contributed by atoms with Crippen molar-refractivity contribution in [1.29, 1.82) is 5.26 Å². The third-order valence-corrected chi connectivity index (χ3v) is 2.37. The quantitative estimate of drug-likeness (QED) is 0.852. The molecule has 1 N–H and O–H groups in total. The van der Waals surface area contributed by atoms with E-state index in [1.165, 1.54) is 0 Å². The van der Waals surface area contributed by atoms with Gasteiger partial charge >= 0.3 is 0 Å². The zero-order valence-electron chi connectivity index (χ0n) is 9.44. The molecule has 16 heavy (non-hydrogen) atoms. The molecule has 0 saturated carbocycles. The van der Waals surface area contributed by atoms with E-state index in [9.17, 15) is 0 Å². The molecule has 0 aliphatic heterocycles. The number of hydrogen-bond acceptors (Lipinski definition) is 3. The van der Waals surface area contributed by atoms with E-state index in [0.29, 0.717) is 11.5 Å². The normalized spacial score (nSPS) is 10.6. The molecule has 2 aromatic rings. The summed E-state index contributed by atoms with van der Waals surface area (Å²) in [5.74, 6) is 0.529. The van der Waals surface area contributed by atoms with Crippen molar-refractivity contribution in [3.05, 3.63) is 30.2 Å². The molecule has 4 heteroatoms. The van der Waals surface area contributed by atoms with Crippen molar-refractivity contribution in [2.24, 2.45) is 5.92 Å². The molecule has 0 fully saturated rings. The van der Waals surface area contributed by atoms with Gasteiger partial charge in [0.15, 0.2) is 5.65 Å². The first kappa shape index (κ1) is 10.5. The first-order valence-corrected chi connectivity index (χ1v) is 5.32. The fourth-order valence-corrected chi connectivity index (χ4v) is 1.56. The fraction of sp³-hybridized carbons (Fsp3) is 0.333. The van der Waals surface area contributed by atoms with Crippen LogP contribution in [0.2, 0.25) is 0 Å². The van der Waals surface area contributed by atoms with Crippen molar-refractivity contribution < 1.29 is 0 Å². The molecule has 0 amide bonds. The Morgan fingerprint density at radius 3 is 3.00 bits per heavy atom. The summed E-state index contributed by atoms with van der Waals surface area (Å²) in [7, 11) is 0. The minimum Gasteiger partial charge on any atom is -0.381 e. The lowest BCUT2D eigenvalue weighted by atomic mass is 10.2. The SMILES string of the molecule is CC(C)CNc1c(C#N)ccn2ccnc12. The average molecular weight is 214 g/mol. The predicted molar refractivity (Wildman–Crippen MR) is 63.2 cm³/mol. The lowest BCUT2D eigenvalue weighted by Crippen LogP contribution is -2.10. The molecule has 0 aliphatic rings. The Labute approximate surface area is 94.5 Å². The van der Waals surface area contributed by atoms with Crippen LogP contribution in [0.15, 0.2) is 24.7 Å². The monoisotopic (exact) mass is 214 g/mol. The molecule has 4 nitrogen and oxygen atoms in total. The molecule has 0 unspecified atom stereocenters. The van der Waals surface area contributed by atoms with Gasteiger partial charge in [-0.3, -0.25) is 0 Å². The van der Waals surface area contributed by atoms with E-state index in [0.717, 1.165) is 17.9 Å². The Hall–Kier alpha value is -2.02. The number of nitrogens with zero attached hydrogens (tertiary/aromatic N) is 3. The second kappa shape index (κ2) is 4.23. The molecule has 2 rings (SSSR count). The Bertz CT molecular complexity index is 533. The van der Waals surface area contributed by atoms with Crippen molar-refractivity contribution in [3.63, 3.8) is 0 Å². The third kappa shape index (κ3) is 1.84. The maximum Gasteiger partial charge on any atom is 0.161 e. The second-order valence-corrected chi connectivity index (χ2v) is 4.15. The van der Waals surface area contributed by atoms with Crippen LogP contribution in [-0.4, -0.2) is 15.9 Å². The highest BCUT2D eigenvalue weighted by Gasteiger charge is 2.08. The molecule has 0 bridgehead atoms. The molecule has 0 saturated heterocycles. The molecular weight excluding hydrogens is 200 g/mol. The zero-order valence-corrected chi connectivity index (χ0v) is 9.44. The van der Waals surface area contributed by atoms with Gasteiger partial charge < -0.3 is 9.72 Å². The maximum absolute atomic E-state index is 9.05. The van der Waals surface area contributed by atoms with Crippen LogP contribution in [-0.2, 0) is 0 Å². The highest BCUT2D eigenvalue weighted by molar-refractivity contribution is 5.74. The largest absolute Gasteiger partial charge is 0.381 e. The van der Waals surface area contributed by atoms with Gasteiger partial charge in [0.05, 0.1) is 11.3 Å². The second-order valence-electron chi connectivity index (χ2n) is 4.15. The molecule has 0 spiro atoms. The van der Waals surface area contributed by atoms with Crippen LogP contribution >= 0.6 is 0 Å². The van der Waals surface area contributed by atoms with Gasteiger partial charge in [-0.25, -0.2) is 4.98 Å². The number of nitriles is 1. The summed E-state index contributed by atoms with van der Waals surface area (Å²) in [5, 5.41) is 12.3. The van der Waals surface area contributed by atoms with E-state index < -0.39 is 0 Å². The Balaban J connectivity index is 2.46. The molecule has 82 valence electrons. The Morgan fingerprint density at radius 2 is 2.31 bits per heavy atom. The molecule has 0 aliphatic carbocycles. The molecule has 2 aromatic heterocycles. The number of pyridine rings is 1. The summed E-state index contributed by atoms with van der Waals surface area (Å²) in [6.07, 6.45) is 5.45. The number of anilines is 1. The number of fused-ring (bicyclic) bond motifs is 1. The smallest absolute Gasteiger partial charge is 0.161 e. The van der Waals surface area contributed by atoms with Gasteiger partial charge in [0.1, 0.15) is 6.07 Å². The average Bonchev–Trinajstić information content (AvgIpc) is 2.73. The van der Waals surface area contributed by atoms with Crippen molar-refractivity contribution in [2.45, 2.75) is 13.8 Å². The summed E-state index contributed by atoms with van der Waals surface area (Å²) >= 11 is 0. The first-order valence-electron chi connectivity index (χ1n) is 5.32. The van der Waals surface area contributed by atoms with E-state index in [2.05, 4.69) is 30.2 Å². The van der Waals surface area contributed by atoms with Crippen molar-refractivity contribution in [2.75, 3.05) is 11.9 Å². The topological polar surface area (TPSA) is 53.1 Å². The van der Waals surface area contributed by atoms with Crippen molar-refractivity contribution in [1.82, 2.24) is 9.38 Å². The number of imidazole rings is 1. The number of hydrogen-bond donors (Lipinski definition) is 1. The molecule has 0 aromatic carbocycles. The van der Waals surface area contributed by atoms with Crippen LogP contribution in [0.1, 0.15) is 19.4 Å². The van der Waals surface area contributed by atoms with Gasteiger partial charge in [-0.2, -0.15) is 5.26 Å². The van der Waals surface area contributed by atoms with E-state index >= 15 is 0 Å². The minimum atomic E-state index is 0.529. The van der Waals surface area contributed by atoms with Crippen LogP contribution in [0, 0.1) is 17.2 Å². The highest BCUT2D eigenvalue weighted by atomic mass is 15.0. The van der Waals surface area contributed by atoms with Crippen LogP contribution < -0.4 is 5.32 Å². The van der Waals surface area contributed by atoms with E-state index in [4.69, 9.17) is 5.26 Å². The lowest BCUT2D eigenvalue weighted by Gasteiger charge is -2.11. The van der Waals surface area contributed by atoms with Crippen LogP contribution in [0.3, 0.4) is 0 Å². The van der Waals surface area contributed by atoms with Gasteiger partial charge in [-0.1, -0.05) is 13.8 Å². The van der Waals surface area contributed by atoms with Crippen molar-refractivity contribution >= 4 is 11.3 Å². The third-order valence-electron chi connectivity index (χ3n) is 2.37. The lowest BCUT2D eigenvalue weighted by molar-refractivity contribution is 0.689. The number of aromatic nitrogens is 2. The first-order chi connectivity index (χ1) is 7.72. The number of rotatable bonds is 3. The zero-order chi connectivity index (χ0) is 11.5. The van der Waals surface area contributed by atoms with Crippen molar-refractivity contribution in [3.8, 4) is 6.07 Å². The summed E-state index contributed by atoms with van der Waals surface area (Å²) in [4.78, 5) is 4.25. The van der Waals surface area contributed by atoms with E-state index in [-0.39, 0.29) is 0 Å². The van der Waals surface area contributed by atoms with Crippen LogP contribution in [0.25, 0.3) is 5.65 Å². The molecular formula is C12H14N4. The van der Waals surface area contributed by atoms with Gasteiger partial charge in [-0.15, -0.1) is 0 Å². The minimum absolute atomic E-state index is 0.529. The van der Waals surface area contributed by atoms with E-state index in [1.54, 1.807) is 12.3 Å². The van der Waals surface area contributed by atoms with E-state index in [1.807, 2.05) is 16.8 Å². The van der Waals surface area contributed by atoms with Gasteiger partial charge in [0.2, 0.25) is 0 Å². The summed E-state index contributed by atoms with van der Waals surface area (Å²) in [6, 6.07) is 3.99. The van der Waals surface area contributed by atoms with Gasteiger partial charge in [0.25, 0.3) is 0 Å². The summed E-state index contributed by atoms with van der Waals surface area (Å²) < 4.78 is 1.91. The number of nitrogens with one attached hydrogen (secondary N) is 1. The van der Waals surface area contributed by atoms with Crippen LogP contribution in [0.5, 0.6) is 0 Å². The van der Waals surface area contributed by atoms with Gasteiger partial charge in [-0.05, 0) is 12.0 Å². The van der Waals surface area contributed by atoms with Gasteiger partial charge in [0, 0.05) is 25.1 Å². The molecule has 2 heterocycles. The predicted octanol–water partition coefficient (Wildman–Crippen LogP) is 2.27. The molecule has 0 atom stereocenters. The Morgan fingerprint density at radius 1 is 1.50 bits per heavy atom. The standard InChI is InChI=1S/C12H14N4/c1-9(2)8-15-11-10(7-13)3-5-16-6-4-14-12(11)16/h3-6,9,15H,8H2,1-2H3. The summed E-state index contributed by atoms with van der Waals surface area (Å²) in [6.45, 7) is 5.09. The summed E-state index contributed by atoms with van der Waals surface area (Å²) in [5.41, 5.74) is 2.27. The fourth-order valence-electron chi connectivity index (χ4n) is 1.56.